The van der Waals surface area contributed by atoms with E-state index in [1.54, 1.807) is 12.1 Å². The van der Waals surface area contributed by atoms with Crippen molar-refractivity contribution in [1.29, 1.82) is 0 Å². The van der Waals surface area contributed by atoms with Gasteiger partial charge in [-0.2, -0.15) is 5.10 Å². The molecule has 4 heteroatoms. The van der Waals surface area contributed by atoms with Gasteiger partial charge in [-0.25, -0.2) is 4.39 Å². The van der Waals surface area contributed by atoms with Gasteiger partial charge in [-0.05, 0) is 49.9 Å². The lowest BCUT2D eigenvalue weighted by molar-refractivity contribution is 0.462. The topological polar surface area (TPSA) is 43.8 Å². The summed E-state index contributed by atoms with van der Waals surface area (Å²) in [7, 11) is 0. The predicted molar refractivity (Wildman–Crippen MR) is 74.3 cm³/mol. The second-order valence-corrected chi connectivity index (χ2v) is 5.34. The Morgan fingerprint density at radius 1 is 1.21 bits per heavy atom. The van der Waals surface area contributed by atoms with Gasteiger partial charge in [-0.1, -0.05) is 12.1 Å². The summed E-state index contributed by atoms with van der Waals surface area (Å²) in [5.41, 5.74) is 8.16. The molecule has 1 unspecified atom stereocenters. The number of rotatable bonds is 5. The van der Waals surface area contributed by atoms with E-state index in [0.29, 0.717) is 6.42 Å². The van der Waals surface area contributed by atoms with Crippen molar-refractivity contribution >= 4 is 0 Å². The second kappa shape index (κ2) is 5.53. The fourth-order valence-corrected chi connectivity index (χ4v) is 2.27. The van der Waals surface area contributed by atoms with Crippen molar-refractivity contribution in [2.75, 3.05) is 0 Å². The molecule has 0 fully saturated rings. The van der Waals surface area contributed by atoms with Crippen LogP contribution in [0.3, 0.4) is 0 Å². The predicted octanol–water partition coefficient (Wildman–Crippen LogP) is 2.54. The van der Waals surface area contributed by atoms with Crippen LogP contribution >= 0.6 is 0 Å². The average Bonchev–Trinajstić information content (AvgIpc) is 2.78. The first-order chi connectivity index (χ1) is 8.98. The summed E-state index contributed by atoms with van der Waals surface area (Å²) in [5, 5.41) is 4.25. The number of nitrogens with two attached hydrogens (primary N) is 1. The van der Waals surface area contributed by atoms with Gasteiger partial charge >= 0.3 is 0 Å². The number of hydrogen-bond acceptors (Lipinski definition) is 2. The van der Waals surface area contributed by atoms with Crippen LogP contribution < -0.4 is 5.73 Å². The Kier molecular flexibility index (Phi) is 4.00. The van der Waals surface area contributed by atoms with Crippen molar-refractivity contribution in [3.05, 3.63) is 53.6 Å². The van der Waals surface area contributed by atoms with Crippen molar-refractivity contribution in [3.63, 3.8) is 0 Å². The Bertz CT molecular complexity index is 529. The van der Waals surface area contributed by atoms with Crippen LogP contribution in [0.25, 0.3) is 0 Å². The maximum Gasteiger partial charge on any atom is 0.123 e. The summed E-state index contributed by atoms with van der Waals surface area (Å²) in [5.74, 6) is -0.216. The van der Waals surface area contributed by atoms with Gasteiger partial charge in [0.05, 0.1) is 6.20 Å². The molecular formula is C15H20FN3. The summed E-state index contributed by atoms with van der Waals surface area (Å²) in [6.07, 6.45) is 5.35. The molecule has 3 nitrogen and oxygen atoms in total. The van der Waals surface area contributed by atoms with Gasteiger partial charge < -0.3 is 5.73 Å². The van der Waals surface area contributed by atoms with Gasteiger partial charge in [-0.3, -0.25) is 4.68 Å². The molecule has 1 aromatic carbocycles. The zero-order valence-electron chi connectivity index (χ0n) is 11.4. The van der Waals surface area contributed by atoms with Gasteiger partial charge in [0.15, 0.2) is 0 Å². The molecule has 1 aromatic heterocycles. The lowest BCUT2D eigenvalue weighted by Gasteiger charge is -2.24. The van der Waals surface area contributed by atoms with Crippen molar-refractivity contribution < 1.29 is 4.39 Å². The number of benzene rings is 1. The van der Waals surface area contributed by atoms with Crippen LogP contribution in [0.5, 0.6) is 0 Å². The van der Waals surface area contributed by atoms with Crippen LogP contribution in [0.2, 0.25) is 0 Å². The number of nitrogens with zero attached hydrogens (tertiary/aromatic N) is 2. The molecule has 19 heavy (non-hydrogen) atoms. The summed E-state index contributed by atoms with van der Waals surface area (Å²) < 4.78 is 14.8. The molecule has 0 saturated carbocycles. The SMILES string of the molecule is CCn1cc(CC(C)(N)Cc2ccc(F)cc2)cn1. The zero-order valence-corrected chi connectivity index (χ0v) is 11.4. The van der Waals surface area contributed by atoms with Crippen LogP contribution in [0.15, 0.2) is 36.7 Å². The third-order valence-corrected chi connectivity index (χ3v) is 3.14. The molecule has 0 radical (unpaired) electrons. The van der Waals surface area contributed by atoms with Crippen LogP contribution in [0, 0.1) is 5.82 Å². The Labute approximate surface area is 113 Å². The smallest absolute Gasteiger partial charge is 0.123 e. The van der Waals surface area contributed by atoms with Crippen LogP contribution in [0.4, 0.5) is 4.39 Å². The molecule has 0 spiro atoms. The van der Waals surface area contributed by atoms with Crippen molar-refractivity contribution in [1.82, 2.24) is 9.78 Å². The minimum atomic E-state index is -0.362. The summed E-state index contributed by atoms with van der Waals surface area (Å²) >= 11 is 0. The van der Waals surface area contributed by atoms with Gasteiger partial charge in [-0.15, -0.1) is 0 Å². The highest BCUT2D eigenvalue weighted by atomic mass is 19.1. The van der Waals surface area contributed by atoms with E-state index >= 15 is 0 Å². The van der Waals surface area contributed by atoms with E-state index < -0.39 is 0 Å². The van der Waals surface area contributed by atoms with Crippen LogP contribution in [0.1, 0.15) is 25.0 Å². The monoisotopic (exact) mass is 261 g/mol. The average molecular weight is 261 g/mol. The first-order valence-corrected chi connectivity index (χ1v) is 6.53. The molecule has 0 bridgehead atoms. The Morgan fingerprint density at radius 2 is 1.84 bits per heavy atom. The summed E-state index contributed by atoms with van der Waals surface area (Å²) in [4.78, 5) is 0. The third kappa shape index (κ3) is 3.89. The number of hydrogen-bond donors (Lipinski definition) is 1. The van der Waals surface area contributed by atoms with Gasteiger partial charge in [0.2, 0.25) is 0 Å². The maximum absolute atomic E-state index is 12.9. The fraction of sp³-hybridized carbons (Fsp3) is 0.400. The third-order valence-electron chi connectivity index (χ3n) is 3.14. The highest BCUT2D eigenvalue weighted by molar-refractivity contribution is 5.20. The molecule has 2 rings (SSSR count). The van der Waals surface area contributed by atoms with Crippen molar-refractivity contribution in [2.45, 2.75) is 38.8 Å². The molecule has 1 heterocycles. The quantitative estimate of drug-likeness (QED) is 0.899. The van der Waals surface area contributed by atoms with E-state index in [1.165, 1.54) is 12.1 Å². The molecular weight excluding hydrogens is 241 g/mol. The van der Waals surface area contributed by atoms with Gasteiger partial charge in [0.25, 0.3) is 0 Å². The summed E-state index contributed by atoms with van der Waals surface area (Å²) in [6.45, 7) is 4.93. The highest BCUT2D eigenvalue weighted by Gasteiger charge is 2.20. The molecule has 1 atom stereocenters. The van der Waals surface area contributed by atoms with E-state index in [4.69, 9.17) is 5.73 Å². The molecule has 2 aromatic rings. The molecule has 2 N–H and O–H groups in total. The first kappa shape index (κ1) is 13.7. The maximum atomic E-state index is 12.9. The number of halogens is 1. The Morgan fingerprint density at radius 3 is 2.42 bits per heavy atom. The molecule has 0 aliphatic rings. The molecule has 0 aliphatic heterocycles. The van der Waals surface area contributed by atoms with E-state index in [0.717, 1.165) is 24.1 Å². The van der Waals surface area contributed by atoms with E-state index in [-0.39, 0.29) is 11.4 Å². The van der Waals surface area contributed by atoms with E-state index in [1.807, 2.05) is 24.0 Å². The minimum Gasteiger partial charge on any atom is -0.325 e. The number of aryl methyl sites for hydroxylation is 1. The molecule has 0 aliphatic carbocycles. The largest absolute Gasteiger partial charge is 0.325 e. The van der Waals surface area contributed by atoms with Crippen molar-refractivity contribution in [2.24, 2.45) is 5.73 Å². The second-order valence-electron chi connectivity index (χ2n) is 5.34. The van der Waals surface area contributed by atoms with Crippen LogP contribution in [-0.2, 0) is 19.4 Å². The Hall–Kier alpha value is -1.68. The van der Waals surface area contributed by atoms with E-state index in [9.17, 15) is 4.39 Å². The summed E-state index contributed by atoms with van der Waals surface area (Å²) in [6, 6.07) is 6.52. The van der Waals surface area contributed by atoms with Gasteiger partial charge in [0, 0.05) is 18.3 Å². The molecule has 0 amide bonds. The van der Waals surface area contributed by atoms with E-state index in [2.05, 4.69) is 12.0 Å². The molecule has 102 valence electrons. The fourth-order valence-electron chi connectivity index (χ4n) is 2.27. The Balaban J connectivity index is 2.03. The highest BCUT2D eigenvalue weighted by Crippen LogP contribution is 2.16. The zero-order chi connectivity index (χ0) is 13.9. The van der Waals surface area contributed by atoms with Crippen LogP contribution in [-0.4, -0.2) is 15.3 Å². The lowest BCUT2D eigenvalue weighted by atomic mass is 9.88. The van der Waals surface area contributed by atoms with Crippen molar-refractivity contribution in [3.8, 4) is 0 Å². The number of aromatic nitrogens is 2. The standard InChI is InChI=1S/C15H20FN3/c1-3-19-11-13(10-18-19)9-15(2,17)8-12-4-6-14(16)7-5-12/h4-7,10-11H,3,8-9,17H2,1-2H3. The lowest BCUT2D eigenvalue weighted by Crippen LogP contribution is -2.40. The van der Waals surface area contributed by atoms with Gasteiger partial charge in [0.1, 0.15) is 5.82 Å². The minimum absolute atomic E-state index is 0.216. The normalized spacial score (nSPS) is 14.3. The molecule has 0 saturated heterocycles. The first-order valence-electron chi connectivity index (χ1n) is 6.53.